The van der Waals surface area contributed by atoms with Crippen molar-refractivity contribution < 1.29 is 26.0 Å². The number of hydrogen-bond acceptors (Lipinski definition) is 6. The summed E-state index contributed by atoms with van der Waals surface area (Å²) in [6, 6.07) is 12.2. The molecule has 1 amide bonds. The first-order chi connectivity index (χ1) is 16.0. The molecule has 0 unspecified atom stereocenters. The van der Waals surface area contributed by atoms with Crippen molar-refractivity contribution in [3.63, 3.8) is 0 Å². The van der Waals surface area contributed by atoms with Crippen LogP contribution in [0.5, 0.6) is 0 Å². The zero-order chi connectivity index (χ0) is 24.9. The normalized spacial score (nSPS) is 12.6. The maximum atomic E-state index is 13.3. The SMILES string of the molecule is CC[C@H](C(=O)Nc1ccc(S(=O)(=O)Nc2cccnc2)cc1)N(c1ccc(F)cc1)S(C)(=O)=O. The summed E-state index contributed by atoms with van der Waals surface area (Å²) in [6.07, 6.45) is 3.98. The van der Waals surface area contributed by atoms with Crippen LogP contribution in [-0.2, 0) is 24.8 Å². The maximum Gasteiger partial charge on any atom is 0.261 e. The molecule has 12 heteroatoms. The largest absolute Gasteiger partial charge is 0.324 e. The third-order valence-corrected chi connectivity index (χ3v) is 7.33. The van der Waals surface area contributed by atoms with Gasteiger partial charge < -0.3 is 5.32 Å². The third kappa shape index (κ3) is 6.08. The molecule has 3 rings (SSSR count). The molecule has 1 aromatic heterocycles. The van der Waals surface area contributed by atoms with E-state index in [1.165, 1.54) is 48.8 Å². The van der Waals surface area contributed by atoms with Crippen LogP contribution in [0.15, 0.2) is 78.0 Å². The van der Waals surface area contributed by atoms with E-state index in [1.807, 2.05) is 0 Å². The molecule has 0 radical (unpaired) electrons. The Bertz CT molecular complexity index is 1350. The zero-order valence-electron chi connectivity index (χ0n) is 18.3. The van der Waals surface area contributed by atoms with E-state index in [9.17, 15) is 26.0 Å². The third-order valence-electron chi connectivity index (χ3n) is 4.76. The molecule has 0 bridgehead atoms. The number of halogens is 1. The molecule has 34 heavy (non-hydrogen) atoms. The molecule has 0 spiro atoms. The van der Waals surface area contributed by atoms with Crippen LogP contribution in [-0.4, -0.2) is 40.0 Å². The standard InChI is InChI=1S/C22H23FN4O5S2/c1-3-21(27(33(2,29)30)19-10-6-16(23)7-11-19)22(28)25-17-8-12-20(13-9-17)34(31,32)26-18-5-4-14-24-15-18/h4-15,21,26H,3H2,1-2H3,(H,25,28)/t21-/m1/s1. The molecular weight excluding hydrogens is 483 g/mol. The van der Waals surface area contributed by atoms with Crippen LogP contribution in [0.4, 0.5) is 21.5 Å². The van der Waals surface area contributed by atoms with Gasteiger partial charge in [0.25, 0.3) is 10.0 Å². The molecule has 0 aliphatic heterocycles. The summed E-state index contributed by atoms with van der Waals surface area (Å²) in [5.74, 6) is -1.16. The highest BCUT2D eigenvalue weighted by Gasteiger charge is 2.31. The van der Waals surface area contributed by atoms with Crippen molar-refractivity contribution in [1.82, 2.24) is 4.98 Å². The first kappa shape index (κ1) is 25.1. The summed E-state index contributed by atoms with van der Waals surface area (Å²) < 4.78 is 66.6. The summed E-state index contributed by atoms with van der Waals surface area (Å²) >= 11 is 0. The number of hydrogen-bond donors (Lipinski definition) is 2. The van der Waals surface area contributed by atoms with E-state index in [2.05, 4.69) is 15.0 Å². The Hall–Kier alpha value is -3.51. The summed E-state index contributed by atoms with van der Waals surface area (Å²) in [5, 5.41) is 2.61. The van der Waals surface area contributed by atoms with Crippen molar-refractivity contribution in [3.8, 4) is 0 Å². The van der Waals surface area contributed by atoms with E-state index >= 15 is 0 Å². The van der Waals surface area contributed by atoms with Gasteiger partial charge in [0.1, 0.15) is 11.9 Å². The van der Waals surface area contributed by atoms with Gasteiger partial charge in [-0.1, -0.05) is 6.92 Å². The Morgan fingerprint density at radius 2 is 1.65 bits per heavy atom. The summed E-state index contributed by atoms with van der Waals surface area (Å²) in [4.78, 5) is 16.8. The van der Waals surface area contributed by atoms with Gasteiger partial charge in [-0.2, -0.15) is 0 Å². The van der Waals surface area contributed by atoms with E-state index in [1.54, 1.807) is 19.1 Å². The van der Waals surface area contributed by atoms with Crippen molar-refractivity contribution in [1.29, 1.82) is 0 Å². The number of pyridine rings is 1. The van der Waals surface area contributed by atoms with Crippen LogP contribution >= 0.6 is 0 Å². The lowest BCUT2D eigenvalue weighted by Crippen LogP contribution is -2.47. The molecule has 2 N–H and O–H groups in total. The zero-order valence-corrected chi connectivity index (χ0v) is 20.0. The number of nitrogens with zero attached hydrogens (tertiary/aromatic N) is 2. The average molecular weight is 507 g/mol. The smallest absolute Gasteiger partial charge is 0.261 e. The second-order valence-corrected chi connectivity index (χ2v) is 10.9. The van der Waals surface area contributed by atoms with Gasteiger partial charge >= 0.3 is 0 Å². The molecule has 0 aliphatic carbocycles. The molecule has 0 saturated carbocycles. The predicted molar refractivity (Wildman–Crippen MR) is 128 cm³/mol. The minimum absolute atomic E-state index is 0.0366. The lowest BCUT2D eigenvalue weighted by Gasteiger charge is -2.30. The summed E-state index contributed by atoms with van der Waals surface area (Å²) in [6.45, 7) is 1.64. The van der Waals surface area contributed by atoms with Gasteiger partial charge in [0.2, 0.25) is 15.9 Å². The topological polar surface area (TPSA) is 126 Å². The maximum absolute atomic E-state index is 13.3. The molecular formula is C22H23FN4O5S2. The molecule has 180 valence electrons. The predicted octanol–water partition coefficient (Wildman–Crippen LogP) is 3.20. The van der Waals surface area contributed by atoms with Crippen LogP contribution in [0.2, 0.25) is 0 Å². The minimum atomic E-state index is -3.88. The lowest BCUT2D eigenvalue weighted by atomic mass is 10.2. The highest BCUT2D eigenvalue weighted by atomic mass is 32.2. The molecule has 3 aromatic rings. The Labute approximate surface area is 197 Å². The first-order valence-corrected chi connectivity index (χ1v) is 13.4. The second-order valence-electron chi connectivity index (χ2n) is 7.32. The van der Waals surface area contributed by atoms with Crippen LogP contribution in [0.25, 0.3) is 0 Å². The van der Waals surface area contributed by atoms with Gasteiger partial charge in [-0.25, -0.2) is 21.2 Å². The van der Waals surface area contributed by atoms with Crippen molar-refractivity contribution >= 4 is 43.0 Å². The highest BCUT2D eigenvalue weighted by Crippen LogP contribution is 2.24. The average Bonchev–Trinajstić information content (AvgIpc) is 2.78. The number of aromatic nitrogens is 1. The number of sulfonamides is 2. The number of nitrogens with one attached hydrogen (secondary N) is 2. The number of rotatable bonds is 9. The van der Waals surface area contributed by atoms with E-state index < -0.39 is 37.8 Å². The van der Waals surface area contributed by atoms with Crippen LogP contribution in [0, 0.1) is 5.82 Å². The van der Waals surface area contributed by atoms with Crippen molar-refractivity contribution in [2.75, 3.05) is 20.6 Å². The van der Waals surface area contributed by atoms with E-state index in [0.29, 0.717) is 5.69 Å². The van der Waals surface area contributed by atoms with Gasteiger partial charge in [-0.05, 0) is 67.1 Å². The molecule has 1 heterocycles. The molecule has 1 atom stereocenters. The Kier molecular flexibility index (Phi) is 7.52. The summed E-state index contributed by atoms with van der Waals surface area (Å²) in [7, 11) is -7.75. The Balaban J connectivity index is 1.79. The lowest BCUT2D eigenvalue weighted by molar-refractivity contribution is -0.117. The molecule has 0 aliphatic rings. The number of carbonyl (C=O) groups excluding carboxylic acids is 1. The molecule has 9 nitrogen and oxygen atoms in total. The monoisotopic (exact) mass is 506 g/mol. The van der Waals surface area contributed by atoms with E-state index in [-0.39, 0.29) is 22.7 Å². The van der Waals surface area contributed by atoms with Gasteiger partial charge in [-0.15, -0.1) is 0 Å². The number of carbonyl (C=O) groups is 1. The second kappa shape index (κ2) is 10.2. The number of anilines is 3. The van der Waals surface area contributed by atoms with Gasteiger partial charge in [0.15, 0.2) is 0 Å². The number of benzene rings is 2. The van der Waals surface area contributed by atoms with Gasteiger partial charge in [-0.3, -0.25) is 18.8 Å². The minimum Gasteiger partial charge on any atom is -0.324 e. The fraction of sp³-hybridized carbons (Fsp3) is 0.182. The molecule has 0 fully saturated rings. The van der Waals surface area contributed by atoms with Crippen LogP contribution in [0.1, 0.15) is 13.3 Å². The Morgan fingerprint density at radius 3 is 2.18 bits per heavy atom. The fourth-order valence-corrected chi connectivity index (χ4v) is 5.48. The fourth-order valence-electron chi connectivity index (χ4n) is 3.23. The van der Waals surface area contributed by atoms with Crippen molar-refractivity contribution in [2.24, 2.45) is 0 Å². The number of amides is 1. The van der Waals surface area contributed by atoms with Crippen LogP contribution in [0.3, 0.4) is 0 Å². The quantitative estimate of drug-likeness (QED) is 0.459. The Morgan fingerprint density at radius 1 is 1.00 bits per heavy atom. The van der Waals surface area contributed by atoms with E-state index in [4.69, 9.17) is 0 Å². The summed E-state index contributed by atoms with van der Waals surface area (Å²) in [5.41, 5.74) is 0.720. The van der Waals surface area contributed by atoms with Crippen molar-refractivity contribution in [2.45, 2.75) is 24.3 Å². The van der Waals surface area contributed by atoms with Gasteiger partial charge in [0, 0.05) is 11.9 Å². The molecule has 0 saturated heterocycles. The van der Waals surface area contributed by atoms with E-state index in [0.717, 1.165) is 22.7 Å². The van der Waals surface area contributed by atoms with Crippen molar-refractivity contribution in [3.05, 3.63) is 78.9 Å². The van der Waals surface area contributed by atoms with Crippen LogP contribution < -0.4 is 14.3 Å². The highest BCUT2D eigenvalue weighted by molar-refractivity contribution is 7.92. The van der Waals surface area contributed by atoms with Gasteiger partial charge in [0.05, 0.1) is 28.7 Å². The molecule has 2 aromatic carbocycles. The first-order valence-electron chi connectivity index (χ1n) is 10.1.